The van der Waals surface area contributed by atoms with Crippen LogP contribution in [0.4, 0.5) is 8.78 Å². The molecule has 0 atom stereocenters. The summed E-state index contributed by atoms with van der Waals surface area (Å²) in [7, 11) is 1.24. The van der Waals surface area contributed by atoms with E-state index in [1.165, 1.54) is 19.2 Å². The van der Waals surface area contributed by atoms with Crippen LogP contribution in [0.3, 0.4) is 0 Å². The maximum atomic E-state index is 13.8. The Bertz CT molecular complexity index is 600. The molecule has 2 nitrogen and oxygen atoms in total. The molecular weight excluding hydrogens is 349 g/mol. The van der Waals surface area contributed by atoms with Crippen LogP contribution in [0.15, 0.2) is 36.1 Å². The zero-order valence-corrected chi connectivity index (χ0v) is 15.2. The van der Waals surface area contributed by atoms with Gasteiger partial charge in [-0.3, -0.25) is 0 Å². The second kappa shape index (κ2) is 7.32. The first kappa shape index (κ1) is 18.1. The third-order valence-corrected chi connectivity index (χ3v) is 3.27. The van der Waals surface area contributed by atoms with Crippen LogP contribution in [-0.4, -0.2) is 18.6 Å². The number of hydrogen-bond acceptors (Lipinski definition) is 2. The minimum absolute atomic E-state index is 0. The van der Waals surface area contributed by atoms with E-state index in [1.807, 2.05) is 18.7 Å². The predicted molar refractivity (Wildman–Crippen MR) is 74.8 cm³/mol. The molecule has 0 bridgehead atoms. The summed E-state index contributed by atoms with van der Waals surface area (Å²) < 4.78 is 32.3. The molecule has 1 radical (unpaired) electrons. The van der Waals surface area contributed by atoms with Gasteiger partial charge in [-0.05, 0) is 12.6 Å². The third-order valence-electron chi connectivity index (χ3n) is 3.27. The molecule has 0 saturated heterocycles. The quantitative estimate of drug-likeness (QED) is 0.754. The molecule has 0 unspecified atom stereocenters. The second-order valence-electron chi connectivity index (χ2n) is 4.48. The van der Waals surface area contributed by atoms with Gasteiger partial charge in [-0.1, -0.05) is 36.9 Å². The van der Waals surface area contributed by atoms with E-state index in [-0.39, 0.29) is 38.5 Å². The third kappa shape index (κ3) is 3.43. The number of allylic oxidation sites excluding steroid dienone is 3. The molecule has 1 heterocycles. The van der Waals surface area contributed by atoms with E-state index in [9.17, 15) is 8.78 Å². The minimum Gasteiger partial charge on any atom is -0.491 e. The fourth-order valence-corrected chi connectivity index (χ4v) is 2.17. The number of rotatable bonds is 3. The normalized spacial score (nSPS) is 14.3. The number of methoxy groups -OCH3 is 1. The number of ether oxygens (including phenoxy) is 1. The molecule has 1 aliphatic rings. The van der Waals surface area contributed by atoms with Crippen LogP contribution in [0.2, 0.25) is 0 Å². The first-order valence-electron chi connectivity index (χ1n) is 6.30. The molecule has 5 heteroatoms. The van der Waals surface area contributed by atoms with Crippen LogP contribution in [0, 0.1) is 17.7 Å². The summed E-state index contributed by atoms with van der Waals surface area (Å²) in [6.07, 6.45) is 4.82. The van der Waals surface area contributed by atoms with Crippen molar-refractivity contribution in [3.05, 3.63) is 59.3 Å². The van der Waals surface area contributed by atoms with Gasteiger partial charge in [-0.25, -0.2) is 8.78 Å². The molecule has 109 valence electrons. The largest absolute Gasteiger partial charge is 0.491 e. The molecule has 2 rings (SSSR count). The van der Waals surface area contributed by atoms with Gasteiger partial charge < -0.3 is 9.64 Å². The molecule has 0 saturated carbocycles. The molecule has 0 aliphatic carbocycles. The molecule has 1 aromatic carbocycles. The van der Waals surface area contributed by atoms with Gasteiger partial charge >= 0.3 is 0 Å². The van der Waals surface area contributed by atoms with E-state index < -0.39 is 11.6 Å². The Balaban J connectivity index is 0.00000220. The fourth-order valence-electron chi connectivity index (χ4n) is 2.17. The summed E-state index contributed by atoms with van der Waals surface area (Å²) in [4.78, 5) is 1.87. The summed E-state index contributed by atoms with van der Waals surface area (Å²) in [5, 5.41) is 0. The van der Waals surface area contributed by atoms with Crippen molar-refractivity contribution in [1.29, 1.82) is 0 Å². The number of likely N-dealkylation sites (N-methyl/N-ethyl adjacent to an activating group) is 1. The van der Waals surface area contributed by atoms with Crippen molar-refractivity contribution in [3.63, 3.8) is 0 Å². The van der Waals surface area contributed by atoms with Gasteiger partial charge in [0.2, 0.25) is 0 Å². The van der Waals surface area contributed by atoms with Gasteiger partial charge in [-0.15, -0.1) is 5.57 Å². The Morgan fingerprint density at radius 1 is 1.29 bits per heavy atom. The smallest absolute Gasteiger partial charge is 0.188 e. The van der Waals surface area contributed by atoms with E-state index in [0.717, 1.165) is 11.3 Å². The number of nitrogens with zero attached hydrogens (tertiary/aromatic N) is 1. The fraction of sp³-hybridized carbons (Fsp3) is 0.250. The maximum Gasteiger partial charge on any atom is 0.188 e. The molecule has 1 aromatic rings. The van der Waals surface area contributed by atoms with Crippen molar-refractivity contribution in [1.82, 2.24) is 4.90 Å². The van der Waals surface area contributed by atoms with Crippen molar-refractivity contribution in [2.75, 3.05) is 13.7 Å². The van der Waals surface area contributed by atoms with Crippen molar-refractivity contribution in [3.8, 4) is 5.75 Å². The summed E-state index contributed by atoms with van der Waals surface area (Å²) >= 11 is 0. The van der Waals surface area contributed by atoms with Crippen LogP contribution in [0.1, 0.15) is 19.4 Å². The molecule has 0 aromatic heterocycles. The minimum atomic E-state index is -0.732. The molecular formula is C16H16F2NOY-. The van der Waals surface area contributed by atoms with Crippen LogP contribution >= 0.6 is 0 Å². The summed E-state index contributed by atoms with van der Waals surface area (Å²) in [6.45, 7) is 8.49. The zero-order valence-electron chi connectivity index (χ0n) is 12.3. The summed E-state index contributed by atoms with van der Waals surface area (Å²) in [6, 6.07) is 2.49. The maximum absolute atomic E-state index is 13.8. The van der Waals surface area contributed by atoms with Crippen LogP contribution in [0.5, 0.6) is 5.75 Å². The van der Waals surface area contributed by atoms with Crippen molar-refractivity contribution in [2.45, 2.75) is 13.8 Å². The molecule has 0 N–H and O–H groups in total. The Hall–Kier alpha value is -0.996. The van der Waals surface area contributed by atoms with Gasteiger partial charge in [0, 0.05) is 39.3 Å². The van der Waals surface area contributed by atoms with Crippen LogP contribution in [0.25, 0.3) is 5.70 Å². The standard InChI is InChI=1S/C16H16F2NO.Y/c1-5-19-11(3)10(2)6-7-15(19)12-8-13(17)16(20-4)14(18)9-12;/h6,8-9H,3,5H2,1-2,4H3;/q-1;. The van der Waals surface area contributed by atoms with Crippen LogP contribution in [-0.2, 0) is 32.7 Å². The molecule has 1 aliphatic heterocycles. The van der Waals surface area contributed by atoms with Gasteiger partial charge in [0.1, 0.15) is 0 Å². The van der Waals surface area contributed by atoms with Gasteiger partial charge in [-0.2, -0.15) is 12.2 Å². The van der Waals surface area contributed by atoms with E-state index >= 15 is 0 Å². The monoisotopic (exact) mass is 365 g/mol. The van der Waals surface area contributed by atoms with E-state index in [4.69, 9.17) is 0 Å². The number of benzene rings is 1. The first-order chi connectivity index (χ1) is 9.49. The Morgan fingerprint density at radius 3 is 2.33 bits per heavy atom. The number of halogens is 2. The average molecular weight is 365 g/mol. The summed E-state index contributed by atoms with van der Waals surface area (Å²) in [5.74, 6) is -1.84. The zero-order chi connectivity index (χ0) is 14.9. The Labute approximate surface area is 149 Å². The SMILES string of the molecule is C=C1C(C)=C[C-]=C(c2cc(F)c(OC)c(F)c2)N1CC.[Y]. The van der Waals surface area contributed by atoms with Crippen molar-refractivity contribution in [2.24, 2.45) is 0 Å². The molecule has 0 fully saturated rings. The van der Waals surface area contributed by atoms with Gasteiger partial charge in [0.15, 0.2) is 17.4 Å². The first-order valence-corrected chi connectivity index (χ1v) is 6.30. The van der Waals surface area contributed by atoms with E-state index in [1.54, 1.807) is 6.08 Å². The van der Waals surface area contributed by atoms with Crippen molar-refractivity contribution >= 4 is 5.70 Å². The van der Waals surface area contributed by atoms with Crippen molar-refractivity contribution < 1.29 is 46.2 Å². The predicted octanol–water partition coefficient (Wildman–Crippen LogP) is 3.91. The van der Waals surface area contributed by atoms with Gasteiger partial charge in [0.25, 0.3) is 0 Å². The van der Waals surface area contributed by atoms with Crippen LogP contribution < -0.4 is 4.74 Å². The molecule has 0 amide bonds. The second-order valence-corrected chi connectivity index (χ2v) is 4.48. The Morgan fingerprint density at radius 2 is 1.86 bits per heavy atom. The van der Waals surface area contributed by atoms with Gasteiger partial charge in [0.05, 0.1) is 7.11 Å². The average Bonchev–Trinajstić information content (AvgIpc) is 2.41. The Kier molecular flexibility index (Phi) is 6.30. The number of hydrogen-bond donors (Lipinski definition) is 0. The van der Waals surface area contributed by atoms with E-state index in [2.05, 4.69) is 17.4 Å². The molecule has 21 heavy (non-hydrogen) atoms. The summed E-state index contributed by atoms with van der Waals surface area (Å²) in [5.41, 5.74) is 2.79. The van der Waals surface area contributed by atoms with E-state index in [0.29, 0.717) is 17.8 Å². The topological polar surface area (TPSA) is 12.5 Å². The molecule has 0 spiro atoms.